The standard InChI is InChI=1S/C12H18N2O/c1-10-8-13-5-4-12(10)14-6-3-7-15-11(2)9-14/h4-5,8,11H,3,6-7,9H2,1-2H3/t11-/m0/s1. The van der Waals surface area contributed by atoms with Gasteiger partial charge in [0.15, 0.2) is 0 Å². The minimum absolute atomic E-state index is 0.320. The normalized spacial score (nSPS) is 22.5. The monoisotopic (exact) mass is 206 g/mol. The number of rotatable bonds is 1. The van der Waals surface area contributed by atoms with Gasteiger partial charge in [-0.3, -0.25) is 4.98 Å². The lowest BCUT2D eigenvalue weighted by molar-refractivity contribution is 0.0821. The van der Waals surface area contributed by atoms with Gasteiger partial charge < -0.3 is 9.64 Å². The Balaban J connectivity index is 2.18. The summed E-state index contributed by atoms with van der Waals surface area (Å²) in [5.41, 5.74) is 2.54. The topological polar surface area (TPSA) is 25.4 Å². The molecule has 0 aromatic carbocycles. The lowest BCUT2D eigenvalue weighted by atomic mass is 10.2. The Morgan fingerprint density at radius 3 is 3.20 bits per heavy atom. The molecule has 15 heavy (non-hydrogen) atoms. The molecule has 0 unspecified atom stereocenters. The largest absolute Gasteiger partial charge is 0.377 e. The van der Waals surface area contributed by atoms with Gasteiger partial charge in [-0.15, -0.1) is 0 Å². The van der Waals surface area contributed by atoms with Gasteiger partial charge in [0.05, 0.1) is 6.10 Å². The summed E-state index contributed by atoms with van der Waals surface area (Å²) in [6.07, 6.45) is 5.21. The molecular formula is C12H18N2O. The summed E-state index contributed by atoms with van der Waals surface area (Å²) in [6, 6.07) is 2.09. The fourth-order valence-electron chi connectivity index (χ4n) is 2.03. The molecule has 0 bridgehead atoms. The molecule has 0 saturated carbocycles. The molecule has 1 aromatic rings. The number of anilines is 1. The second-order valence-corrected chi connectivity index (χ2v) is 4.14. The zero-order valence-corrected chi connectivity index (χ0v) is 9.44. The minimum Gasteiger partial charge on any atom is -0.377 e. The van der Waals surface area contributed by atoms with E-state index in [1.807, 2.05) is 12.4 Å². The average Bonchev–Trinajstić information content (AvgIpc) is 2.43. The lowest BCUT2D eigenvalue weighted by Gasteiger charge is -2.25. The Bertz CT molecular complexity index is 327. The van der Waals surface area contributed by atoms with E-state index >= 15 is 0 Å². The Morgan fingerprint density at radius 2 is 2.40 bits per heavy atom. The van der Waals surface area contributed by atoms with Crippen molar-refractivity contribution in [3.63, 3.8) is 0 Å². The number of aryl methyl sites for hydroxylation is 1. The van der Waals surface area contributed by atoms with Crippen molar-refractivity contribution in [2.24, 2.45) is 0 Å². The van der Waals surface area contributed by atoms with Crippen LogP contribution in [0.5, 0.6) is 0 Å². The predicted molar refractivity (Wildman–Crippen MR) is 61.2 cm³/mol. The average molecular weight is 206 g/mol. The van der Waals surface area contributed by atoms with Crippen LogP contribution in [0.1, 0.15) is 18.9 Å². The quantitative estimate of drug-likeness (QED) is 0.702. The Labute approximate surface area is 91.1 Å². The van der Waals surface area contributed by atoms with Crippen molar-refractivity contribution in [1.82, 2.24) is 4.98 Å². The van der Waals surface area contributed by atoms with E-state index in [1.54, 1.807) is 0 Å². The maximum absolute atomic E-state index is 5.64. The molecule has 2 rings (SSSR count). The van der Waals surface area contributed by atoms with Crippen LogP contribution in [0.3, 0.4) is 0 Å². The molecule has 3 heteroatoms. The molecule has 0 radical (unpaired) electrons. The van der Waals surface area contributed by atoms with E-state index in [9.17, 15) is 0 Å². The summed E-state index contributed by atoms with van der Waals surface area (Å²) < 4.78 is 5.64. The van der Waals surface area contributed by atoms with Crippen molar-refractivity contribution < 1.29 is 4.74 Å². The SMILES string of the molecule is Cc1cnccc1N1CCCO[C@@H](C)C1. The van der Waals surface area contributed by atoms with Gasteiger partial charge in [0, 0.05) is 37.8 Å². The highest BCUT2D eigenvalue weighted by molar-refractivity contribution is 5.51. The molecule has 1 fully saturated rings. The number of hydrogen-bond donors (Lipinski definition) is 0. The number of nitrogens with zero attached hydrogens (tertiary/aromatic N) is 2. The third-order valence-electron chi connectivity index (χ3n) is 2.78. The van der Waals surface area contributed by atoms with E-state index in [0.29, 0.717) is 6.10 Å². The van der Waals surface area contributed by atoms with Crippen molar-refractivity contribution in [2.75, 3.05) is 24.6 Å². The maximum atomic E-state index is 5.64. The van der Waals surface area contributed by atoms with Crippen LogP contribution in [0.25, 0.3) is 0 Å². The van der Waals surface area contributed by atoms with E-state index < -0.39 is 0 Å². The van der Waals surface area contributed by atoms with Crippen molar-refractivity contribution >= 4 is 5.69 Å². The van der Waals surface area contributed by atoms with Crippen molar-refractivity contribution in [3.8, 4) is 0 Å². The number of aromatic nitrogens is 1. The molecule has 3 nitrogen and oxygen atoms in total. The minimum atomic E-state index is 0.320. The summed E-state index contributed by atoms with van der Waals surface area (Å²) in [7, 11) is 0. The highest BCUT2D eigenvalue weighted by Gasteiger charge is 2.16. The van der Waals surface area contributed by atoms with E-state index in [-0.39, 0.29) is 0 Å². The van der Waals surface area contributed by atoms with Crippen LogP contribution in [0.4, 0.5) is 5.69 Å². The van der Waals surface area contributed by atoms with Gasteiger partial charge in [0.2, 0.25) is 0 Å². The van der Waals surface area contributed by atoms with Crippen LogP contribution in [-0.4, -0.2) is 30.8 Å². The second kappa shape index (κ2) is 4.62. The summed E-state index contributed by atoms with van der Waals surface area (Å²) >= 11 is 0. The van der Waals surface area contributed by atoms with Gasteiger partial charge >= 0.3 is 0 Å². The zero-order valence-electron chi connectivity index (χ0n) is 9.44. The van der Waals surface area contributed by atoms with Gasteiger partial charge in [0.25, 0.3) is 0 Å². The van der Waals surface area contributed by atoms with Crippen LogP contribution in [-0.2, 0) is 4.74 Å². The fourth-order valence-corrected chi connectivity index (χ4v) is 2.03. The van der Waals surface area contributed by atoms with Crippen LogP contribution in [0.15, 0.2) is 18.5 Å². The lowest BCUT2D eigenvalue weighted by Crippen LogP contribution is -2.30. The molecule has 1 atom stereocenters. The molecule has 0 amide bonds. The highest BCUT2D eigenvalue weighted by atomic mass is 16.5. The Morgan fingerprint density at radius 1 is 1.53 bits per heavy atom. The Kier molecular flexibility index (Phi) is 3.21. The van der Waals surface area contributed by atoms with Gasteiger partial charge in [-0.05, 0) is 31.9 Å². The van der Waals surface area contributed by atoms with E-state index in [4.69, 9.17) is 4.74 Å². The van der Waals surface area contributed by atoms with Crippen LogP contribution in [0, 0.1) is 6.92 Å². The Hall–Kier alpha value is -1.09. The summed E-state index contributed by atoms with van der Waals surface area (Å²) in [4.78, 5) is 6.52. The van der Waals surface area contributed by atoms with E-state index in [2.05, 4.69) is 29.8 Å². The smallest absolute Gasteiger partial charge is 0.0721 e. The zero-order chi connectivity index (χ0) is 10.7. The molecule has 82 valence electrons. The van der Waals surface area contributed by atoms with E-state index in [1.165, 1.54) is 11.3 Å². The molecule has 1 aromatic heterocycles. The first kappa shape index (κ1) is 10.4. The van der Waals surface area contributed by atoms with Crippen molar-refractivity contribution in [1.29, 1.82) is 0 Å². The molecule has 1 aliphatic heterocycles. The third kappa shape index (κ3) is 2.48. The summed E-state index contributed by atoms with van der Waals surface area (Å²) in [6.45, 7) is 7.18. The predicted octanol–water partition coefficient (Wildman–Crippen LogP) is 2.01. The number of hydrogen-bond acceptors (Lipinski definition) is 3. The summed E-state index contributed by atoms with van der Waals surface area (Å²) in [5.74, 6) is 0. The van der Waals surface area contributed by atoms with Crippen LogP contribution < -0.4 is 4.90 Å². The van der Waals surface area contributed by atoms with E-state index in [0.717, 1.165) is 26.1 Å². The molecule has 0 aliphatic carbocycles. The maximum Gasteiger partial charge on any atom is 0.0721 e. The first-order valence-corrected chi connectivity index (χ1v) is 5.54. The van der Waals surface area contributed by atoms with Gasteiger partial charge in [-0.1, -0.05) is 0 Å². The third-order valence-corrected chi connectivity index (χ3v) is 2.78. The van der Waals surface area contributed by atoms with Gasteiger partial charge in [-0.2, -0.15) is 0 Å². The molecule has 2 heterocycles. The number of ether oxygens (including phenoxy) is 1. The molecule has 0 N–H and O–H groups in total. The molecular weight excluding hydrogens is 188 g/mol. The van der Waals surface area contributed by atoms with Gasteiger partial charge in [0.1, 0.15) is 0 Å². The van der Waals surface area contributed by atoms with Crippen molar-refractivity contribution in [3.05, 3.63) is 24.0 Å². The summed E-state index contributed by atoms with van der Waals surface area (Å²) in [5, 5.41) is 0. The molecule has 1 aliphatic rings. The molecule has 1 saturated heterocycles. The first-order chi connectivity index (χ1) is 7.27. The molecule has 0 spiro atoms. The second-order valence-electron chi connectivity index (χ2n) is 4.14. The van der Waals surface area contributed by atoms with Crippen LogP contribution in [0.2, 0.25) is 0 Å². The first-order valence-electron chi connectivity index (χ1n) is 5.54. The van der Waals surface area contributed by atoms with Crippen LogP contribution >= 0.6 is 0 Å². The fraction of sp³-hybridized carbons (Fsp3) is 0.583. The number of pyridine rings is 1. The highest BCUT2D eigenvalue weighted by Crippen LogP contribution is 2.20. The van der Waals surface area contributed by atoms with Crippen molar-refractivity contribution in [2.45, 2.75) is 26.4 Å². The van der Waals surface area contributed by atoms with Gasteiger partial charge in [-0.25, -0.2) is 0 Å².